The number of rotatable bonds is 4. The maximum atomic E-state index is 3.65. The summed E-state index contributed by atoms with van der Waals surface area (Å²) in [5.74, 6) is 0. The molecule has 4 radical (unpaired) electrons. The molecule has 1 rings (SSSR count). The second-order valence-electron chi connectivity index (χ2n) is 7.77. The fraction of sp³-hybridized carbons (Fsp3) is 0.684. The monoisotopic (exact) mass is 553 g/mol. The van der Waals surface area contributed by atoms with E-state index >= 15 is 0 Å². The van der Waals surface area contributed by atoms with Crippen LogP contribution in [0.5, 0.6) is 0 Å². The normalized spacial score (nSPS) is 11.3. The fourth-order valence-corrected chi connectivity index (χ4v) is 2.24. The van der Waals surface area contributed by atoms with Crippen LogP contribution in [-0.2, 0) is 17.4 Å². The molecule has 0 aliphatic carbocycles. The zero-order chi connectivity index (χ0) is 15.6. The summed E-state index contributed by atoms with van der Waals surface area (Å²) in [5.41, 5.74) is 4.41. The quantitative estimate of drug-likeness (QED) is 0.413. The van der Waals surface area contributed by atoms with Gasteiger partial charge < -0.3 is 24.8 Å². The Kier molecular flexibility index (Phi) is 14.0. The molecule has 0 fully saturated rings. The third kappa shape index (κ3) is 9.06. The molecule has 0 aromatic heterocycles. The van der Waals surface area contributed by atoms with Gasteiger partial charge in [0.05, 0.1) is 0 Å². The van der Waals surface area contributed by atoms with Gasteiger partial charge in [0.15, 0.2) is 0 Å². The number of benzene rings is 1. The largest absolute Gasteiger partial charge is 2.00 e. The first-order chi connectivity index (χ1) is 9.07. The Morgan fingerprint density at radius 1 is 0.870 bits per heavy atom. The average Bonchev–Trinajstić information content (AvgIpc) is 2.33. The predicted octanol–water partition coefficient (Wildman–Crippen LogP) is -1.45. The van der Waals surface area contributed by atoms with Gasteiger partial charge in [-0.15, -0.1) is 0 Å². The van der Waals surface area contributed by atoms with E-state index in [1.165, 1.54) is 16.7 Å². The predicted molar refractivity (Wildman–Crippen MR) is 95.1 cm³/mol. The molecule has 0 amide bonds. The number of hydrogen-bond acceptors (Lipinski definition) is 1. The van der Waals surface area contributed by atoms with Crippen LogP contribution in [0.15, 0.2) is 12.1 Å². The van der Waals surface area contributed by atoms with E-state index in [1.54, 1.807) is 0 Å². The second kappa shape index (κ2) is 11.3. The molecule has 4 heteroatoms. The summed E-state index contributed by atoms with van der Waals surface area (Å²) in [7, 11) is 0. The van der Waals surface area contributed by atoms with Crippen LogP contribution in [0.4, 0.5) is 0 Å². The van der Waals surface area contributed by atoms with Gasteiger partial charge in [-0.1, -0.05) is 67.5 Å². The molecular weight excluding hydrogens is 522 g/mol. The SMILES string of the molecule is CCN(CC)Cc1[c]c(C(C)(C)C)cc(C(C)(C)C)c1.[Bi+2].[Cl-].[Cl-]. The standard InChI is InChI=1S/C19H32N.Bi.2ClH/c1-9-20(10-2)14-15-11-16(18(3,4)5)13-17(12-15)19(6,7)8;;;/h11,13H,9-10,14H2,1-8H3;;2*1H/q;+2;;/p-2. The van der Waals surface area contributed by atoms with Crippen LogP contribution in [0.25, 0.3) is 0 Å². The van der Waals surface area contributed by atoms with Crippen molar-refractivity contribution in [2.24, 2.45) is 0 Å². The van der Waals surface area contributed by atoms with Gasteiger partial charge in [0, 0.05) is 6.54 Å². The molecule has 0 bridgehead atoms. The zero-order valence-corrected chi connectivity index (χ0v) is 20.9. The number of halogens is 2. The first kappa shape index (κ1) is 28.4. The molecule has 0 spiro atoms. The molecular formula is C19H32BiCl2N. The molecule has 0 atom stereocenters. The maximum Gasteiger partial charge on any atom is 2.00 e. The summed E-state index contributed by atoms with van der Waals surface area (Å²) in [6.07, 6.45) is 0. The van der Waals surface area contributed by atoms with E-state index in [-0.39, 0.29) is 61.8 Å². The van der Waals surface area contributed by atoms with Crippen molar-refractivity contribution in [1.29, 1.82) is 0 Å². The summed E-state index contributed by atoms with van der Waals surface area (Å²) < 4.78 is 0. The fourth-order valence-electron chi connectivity index (χ4n) is 2.24. The molecule has 1 aromatic carbocycles. The Labute approximate surface area is 175 Å². The van der Waals surface area contributed by atoms with E-state index in [1.807, 2.05) is 0 Å². The van der Waals surface area contributed by atoms with Gasteiger partial charge in [-0.05, 0) is 46.7 Å². The molecule has 0 saturated carbocycles. The Morgan fingerprint density at radius 2 is 1.35 bits per heavy atom. The molecule has 0 aliphatic rings. The minimum atomic E-state index is 0. The van der Waals surface area contributed by atoms with Crippen LogP contribution in [0.1, 0.15) is 72.1 Å². The van der Waals surface area contributed by atoms with Crippen LogP contribution in [0, 0.1) is 6.07 Å². The Bertz CT molecular complexity index is 411. The topological polar surface area (TPSA) is 3.24 Å². The van der Waals surface area contributed by atoms with Crippen molar-refractivity contribution < 1.29 is 24.8 Å². The Morgan fingerprint density at radius 3 is 1.70 bits per heavy atom. The average molecular weight is 554 g/mol. The number of hydrogen-bond donors (Lipinski definition) is 0. The Hall–Kier alpha value is 0.643. The van der Waals surface area contributed by atoms with Crippen LogP contribution in [0.3, 0.4) is 0 Å². The summed E-state index contributed by atoms with van der Waals surface area (Å²) >= 11 is 0. The third-order valence-corrected chi connectivity index (χ3v) is 3.89. The van der Waals surface area contributed by atoms with Gasteiger partial charge in [-0.2, -0.15) is 0 Å². The van der Waals surface area contributed by atoms with Gasteiger partial charge in [0.2, 0.25) is 0 Å². The van der Waals surface area contributed by atoms with Crippen LogP contribution in [0.2, 0.25) is 0 Å². The van der Waals surface area contributed by atoms with Crippen LogP contribution in [-0.4, -0.2) is 44.2 Å². The van der Waals surface area contributed by atoms with Crippen molar-refractivity contribution in [2.75, 3.05) is 13.1 Å². The molecule has 1 nitrogen and oxygen atoms in total. The molecule has 0 N–H and O–H groups in total. The van der Waals surface area contributed by atoms with Crippen LogP contribution >= 0.6 is 0 Å². The van der Waals surface area contributed by atoms with Crippen molar-refractivity contribution in [1.82, 2.24) is 4.90 Å². The van der Waals surface area contributed by atoms with Gasteiger partial charge >= 0.3 is 26.2 Å². The smallest absolute Gasteiger partial charge is 1.00 e. The van der Waals surface area contributed by atoms with Gasteiger partial charge in [-0.25, -0.2) is 0 Å². The molecule has 132 valence electrons. The summed E-state index contributed by atoms with van der Waals surface area (Å²) in [4.78, 5) is 2.45. The first-order valence-electron chi connectivity index (χ1n) is 7.87. The van der Waals surface area contributed by atoms with E-state index < -0.39 is 0 Å². The van der Waals surface area contributed by atoms with Gasteiger partial charge in [-0.3, -0.25) is 4.90 Å². The van der Waals surface area contributed by atoms with Crippen molar-refractivity contribution in [3.05, 3.63) is 34.9 Å². The van der Waals surface area contributed by atoms with E-state index in [4.69, 9.17) is 0 Å². The second-order valence-corrected chi connectivity index (χ2v) is 7.77. The van der Waals surface area contributed by atoms with Crippen molar-refractivity contribution >= 4 is 26.2 Å². The van der Waals surface area contributed by atoms with E-state index in [0.717, 1.165) is 19.6 Å². The van der Waals surface area contributed by atoms with E-state index in [2.05, 4.69) is 78.5 Å². The molecule has 0 saturated heterocycles. The van der Waals surface area contributed by atoms with Gasteiger partial charge in [0.25, 0.3) is 0 Å². The third-order valence-electron chi connectivity index (χ3n) is 3.89. The Balaban J connectivity index is -0.00000133. The first-order valence-corrected chi connectivity index (χ1v) is 7.87. The summed E-state index contributed by atoms with van der Waals surface area (Å²) in [6, 6.07) is 8.33. The minimum Gasteiger partial charge on any atom is -1.00 e. The summed E-state index contributed by atoms with van der Waals surface area (Å²) in [5, 5.41) is 0. The van der Waals surface area contributed by atoms with Crippen molar-refractivity contribution in [3.63, 3.8) is 0 Å². The van der Waals surface area contributed by atoms with Gasteiger partial charge in [0.1, 0.15) is 0 Å². The van der Waals surface area contributed by atoms with E-state index in [0.29, 0.717) is 0 Å². The number of nitrogens with zero attached hydrogens (tertiary/aromatic N) is 1. The molecule has 1 aromatic rings. The molecule has 0 unspecified atom stereocenters. The minimum absolute atomic E-state index is 0. The zero-order valence-electron chi connectivity index (χ0n) is 15.9. The molecule has 0 heterocycles. The van der Waals surface area contributed by atoms with Crippen molar-refractivity contribution in [3.8, 4) is 0 Å². The van der Waals surface area contributed by atoms with Crippen LogP contribution < -0.4 is 24.8 Å². The molecule has 0 aliphatic heterocycles. The summed E-state index contributed by atoms with van der Waals surface area (Å²) in [6.45, 7) is 21.3. The molecule has 23 heavy (non-hydrogen) atoms. The van der Waals surface area contributed by atoms with E-state index in [9.17, 15) is 0 Å². The van der Waals surface area contributed by atoms with Crippen molar-refractivity contribution in [2.45, 2.75) is 72.8 Å². The maximum absolute atomic E-state index is 3.65.